The average Bonchev–Trinajstić information content (AvgIpc) is 2.34. The monoisotopic (exact) mass is 269 g/mol. The summed E-state index contributed by atoms with van der Waals surface area (Å²) in [6.45, 7) is 11.3. The SMILES string of the molecule is CC(C)NCCCN(C)C1CCC(NC(C)C)CC1. The van der Waals surface area contributed by atoms with Crippen molar-refractivity contribution in [1.29, 1.82) is 0 Å². The Hall–Kier alpha value is -0.120. The predicted octanol–water partition coefficient (Wildman–Crippen LogP) is 2.62. The minimum Gasteiger partial charge on any atom is -0.314 e. The van der Waals surface area contributed by atoms with Crippen LogP contribution >= 0.6 is 0 Å². The fraction of sp³-hybridized carbons (Fsp3) is 1.00. The highest BCUT2D eigenvalue weighted by atomic mass is 15.1. The van der Waals surface area contributed by atoms with Crippen LogP contribution in [0.2, 0.25) is 0 Å². The van der Waals surface area contributed by atoms with E-state index < -0.39 is 0 Å². The Morgan fingerprint density at radius 3 is 2.16 bits per heavy atom. The van der Waals surface area contributed by atoms with E-state index in [2.05, 4.69) is 50.3 Å². The fourth-order valence-corrected chi connectivity index (χ4v) is 3.06. The standard InChI is InChI=1S/C16H35N3/c1-13(2)17-11-6-12-19(5)16-9-7-15(8-10-16)18-14(3)4/h13-18H,6-12H2,1-5H3. The molecule has 1 fully saturated rings. The zero-order valence-corrected chi connectivity index (χ0v) is 13.7. The Morgan fingerprint density at radius 2 is 1.63 bits per heavy atom. The summed E-state index contributed by atoms with van der Waals surface area (Å²) in [7, 11) is 2.30. The molecular formula is C16H35N3. The van der Waals surface area contributed by atoms with Gasteiger partial charge in [-0.1, -0.05) is 27.7 Å². The molecule has 0 aromatic heterocycles. The lowest BCUT2D eigenvalue weighted by Gasteiger charge is -2.35. The van der Waals surface area contributed by atoms with E-state index in [4.69, 9.17) is 0 Å². The van der Waals surface area contributed by atoms with Crippen LogP contribution in [0.4, 0.5) is 0 Å². The van der Waals surface area contributed by atoms with Crippen LogP contribution in [0.3, 0.4) is 0 Å². The Kier molecular flexibility index (Phi) is 7.96. The molecule has 0 spiro atoms. The van der Waals surface area contributed by atoms with E-state index in [9.17, 15) is 0 Å². The van der Waals surface area contributed by atoms with Crippen molar-refractivity contribution in [3.8, 4) is 0 Å². The van der Waals surface area contributed by atoms with Crippen LogP contribution in [0.5, 0.6) is 0 Å². The van der Waals surface area contributed by atoms with Gasteiger partial charge in [-0.05, 0) is 52.2 Å². The summed E-state index contributed by atoms with van der Waals surface area (Å²) in [5.74, 6) is 0. The molecule has 0 saturated heterocycles. The summed E-state index contributed by atoms with van der Waals surface area (Å²) >= 11 is 0. The van der Waals surface area contributed by atoms with E-state index in [0.717, 1.165) is 18.6 Å². The molecule has 1 saturated carbocycles. The van der Waals surface area contributed by atoms with E-state index in [1.54, 1.807) is 0 Å². The van der Waals surface area contributed by atoms with Crippen LogP contribution < -0.4 is 10.6 Å². The molecule has 3 nitrogen and oxygen atoms in total. The maximum atomic E-state index is 3.68. The third kappa shape index (κ3) is 7.28. The first kappa shape index (κ1) is 16.9. The van der Waals surface area contributed by atoms with Gasteiger partial charge in [0.2, 0.25) is 0 Å². The largest absolute Gasteiger partial charge is 0.314 e. The topological polar surface area (TPSA) is 27.3 Å². The second kappa shape index (κ2) is 8.93. The van der Waals surface area contributed by atoms with Gasteiger partial charge < -0.3 is 15.5 Å². The van der Waals surface area contributed by atoms with Crippen molar-refractivity contribution < 1.29 is 0 Å². The molecule has 3 heteroatoms. The molecule has 0 bridgehead atoms. The maximum absolute atomic E-state index is 3.68. The van der Waals surface area contributed by atoms with E-state index in [0.29, 0.717) is 12.1 Å². The quantitative estimate of drug-likeness (QED) is 0.663. The minimum absolute atomic E-state index is 0.614. The molecule has 0 unspecified atom stereocenters. The van der Waals surface area contributed by atoms with Crippen molar-refractivity contribution in [3.05, 3.63) is 0 Å². The minimum atomic E-state index is 0.614. The van der Waals surface area contributed by atoms with Gasteiger partial charge in [-0.3, -0.25) is 0 Å². The van der Waals surface area contributed by atoms with Crippen molar-refractivity contribution >= 4 is 0 Å². The van der Waals surface area contributed by atoms with Crippen LogP contribution in [-0.4, -0.2) is 49.2 Å². The van der Waals surface area contributed by atoms with Crippen LogP contribution in [0.1, 0.15) is 59.8 Å². The molecule has 0 amide bonds. The van der Waals surface area contributed by atoms with Gasteiger partial charge in [-0.25, -0.2) is 0 Å². The molecule has 0 atom stereocenters. The molecule has 1 rings (SSSR count). The van der Waals surface area contributed by atoms with Gasteiger partial charge in [0.25, 0.3) is 0 Å². The van der Waals surface area contributed by atoms with E-state index >= 15 is 0 Å². The number of hydrogen-bond donors (Lipinski definition) is 2. The average molecular weight is 269 g/mol. The van der Waals surface area contributed by atoms with Crippen molar-refractivity contribution in [1.82, 2.24) is 15.5 Å². The second-order valence-corrected chi connectivity index (χ2v) is 6.77. The first-order valence-corrected chi connectivity index (χ1v) is 8.18. The van der Waals surface area contributed by atoms with Gasteiger partial charge in [0.1, 0.15) is 0 Å². The first-order chi connectivity index (χ1) is 8.99. The zero-order valence-electron chi connectivity index (χ0n) is 13.7. The summed E-state index contributed by atoms with van der Waals surface area (Å²) in [5, 5.41) is 7.17. The Bertz CT molecular complexity index is 220. The van der Waals surface area contributed by atoms with Crippen molar-refractivity contribution in [2.45, 2.75) is 84.0 Å². The number of rotatable bonds is 8. The highest BCUT2D eigenvalue weighted by Gasteiger charge is 2.23. The van der Waals surface area contributed by atoms with E-state index in [1.807, 2.05) is 0 Å². The normalized spacial score (nSPS) is 24.6. The molecule has 0 aliphatic heterocycles. The molecule has 0 aromatic carbocycles. The lowest BCUT2D eigenvalue weighted by Crippen LogP contribution is -2.43. The lowest BCUT2D eigenvalue weighted by atomic mass is 9.90. The number of nitrogens with zero attached hydrogens (tertiary/aromatic N) is 1. The van der Waals surface area contributed by atoms with Gasteiger partial charge in [0.15, 0.2) is 0 Å². The van der Waals surface area contributed by atoms with Crippen LogP contribution in [0.25, 0.3) is 0 Å². The molecule has 0 heterocycles. The molecule has 114 valence electrons. The summed E-state index contributed by atoms with van der Waals surface area (Å²) in [6.07, 6.45) is 6.67. The summed E-state index contributed by atoms with van der Waals surface area (Å²) in [6, 6.07) is 2.81. The molecule has 1 aliphatic carbocycles. The zero-order chi connectivity index (χ0) is 14.3. The van der Waals surface area contributed by atoms with Gasteiger partial charge in [0, 0.05) is 24.2 Å². The molecule has 2 N–H and O–H groups in total. The van der Waals surface area contributed by atoms with Crippen LogP contribution in [0.15, 0.2) is 0 Å². The van der Waals surface area contributed by atoms with E-state index in [1.165, 1.54) is 38.6 Å². The Morgan fingerprint density at radius 1 is 1.00 bits per heavy atom. The second-order valence-electron chi connectivity index (χ2n) is 6.77. The molecule has 0 radical (unpaired) electrons. The molecular weight excluding hydrogens is 234 g/mol. The Labute approximate surface area is 120 Å². The van der Waals surface area contributed by atoms with Gasteiger partial charge in [0.05, 0.1) is 0 Å². The summed E-state index contributed by atoms with van der Waals surface area (Å²) in [4.78, 5) is 2.58. The third-order valence-electron chi connectivity index (χ3n) is 4.13. The smallest absolute Gasteiger partial charge is 0.00933 e. The molecule has 1 aliphatic rings. The molecule has 0 aromatic rings. The lowest BCUT2D eigenvalue weighted by molar-refractivity contribution is 0.170. The highest BCUT2D eigenvalue weighted by molar-refractivity contribution is 4.82. The van der Waals surface area contributed by atoms with Gasteiger partial charge in [-0.15, -0.1) is 0 Å². The van der Waals surface area contributed by atoms with Crippen LogP contribution in [0, 0.1) is 0 Å². The van der Waals surface area contributed by atoms with Crippen molar-refractivity contribution in [2.24, 2.45) is 0 Å². The van der Waals surface area contributed by atoms with E-state index in [-0.39, 0.29) is 0 Å². The van der Waals surface area contributed by atoms with Crippen LogP contribution in [-0.2, 0) is 0 Å². The number of nitrogens with one attached hydrogen (secondary N) is 2. The summed E-state index contributed by atoms with van der Waals surface area (Å²) in [5.41, 5.74) is 0. The summed E-state index contributed by atoms with van der Waals surface area (Å²) < 4.78 is 0. The third-order valence-corrected chi connectivity index (χ3v) is 4.13. The number of hydrogen-bond acceptors (Lipinski definition) is 3. The van der Waals surface area contributed by atoms with Crippen molar-refractivity contribution in [2.75, 3.05) is 20.1 Å². The molecule has 19 heavy (non-hydrogen) atoms. The van der Waals surface area contributed by atoms with Gasteiger partial charge in [-0.2, -0.15) is 0 Å². The maximum Gasteiger partial charge on any atom is 0.00933 e. The van der Waals surface area contributed by atoms with Crippen molar-refractivity contribution in [3.63, 3.8) is 0 Å². The predicted molar refractivity (Wildman–Crippen MR) is 84.7 cm³/mol. The Balaban J connectivity index is 2.12. The first-order valence-electron chi connectivity index (χ1n) is 8.18. The highest BCUT2D eigenvalue weighted by Crippen LogP contribution is 2.22. The fourth-order valence-electron chi connectivity index (χ4n) is 3.06. The van der Waals surface area contributed by atoms with Gasteiger partial charge >= 0.3 is 0 Å².